The molecule has 5 nitrogen and oxygen atoms in total. The SMILES string of the molecule is CCOC(=O)CN(C(=O)[C@@H](N)C(C)CC)C(C)C. The molecule has 0 saturated carbocycles. The number of amides is 1. The van der Waals surface area contributed by atoms with Crippen LogP contribution in [0.25, 0.3) is 0 Å². The standard InChI is InChI=1S/C13H26N2O3/c1-6-10(5)12(14)13(17)15(9(3)4)8-11(16)18-7-2/h9-10,12H,6-8,14H2,1-5H3/t10?,12-/m0/s1. The Hall–Kier alpha value is -1.10. The van der Waals surface area contributed by atoms with Crippen molar-refractivity contribution in [2.24, 2.45) is 11.7 Å². The van der Waals surface area contributed by atoms with Crippen LogP contribution in [0.15, 0.2) is 0 Å². The molecular formula is C13H26N2O3. The van der Waals surface area contributed by atoms with Crippen molar-refractivity contribution in [2.45, 2.75) is 53.1 Å². The fraction of sp³-hybridized carbons (Fsp3) is 0.846. The number of carbonyl (C=O) groups is 2. The van der Waals surface area contributed by atoms with Crippen molar-refractivity contribution in [3.8, 4) is 0 Å². The van der Waals surface area contributed by atoms with Crippen molar-refractivity contribution in [3.63, 3.8) is 0 Å². The van der Waals surface area contributed by atoms with Crippen LogP contribution in [-0.2, 0) is 14.3 Å². The van der Waals surface area contributed by atoms with Crippen molar-refractivity contribution in [1.82, 2.24) is 4.90 Å². The lowest BCUT2D eigenvalue weighted by molar-refractivity contribution is -0.150. The molecule has 0 radical (unpaired) electrons. The Morgan fingerprint density at radius 2 is 1.78 bits per heavy atom. The predicted molar refractivity (Wildman–Crippen MR) is 70.9 cm³/mol. The average Bonchev–Trinajstić information content (AvgIpc) is 2.33. The fourth-order valence-electron chi connectivity index (χ4n) is 1.55. The van der Waals surface area contributed by atoms with Crippen LogP contribution in [0.3, 0.4) is 0 Å². The topological polar surface area (TPSA) is 72.6 Å². The summed E-state index contributed by atoms with van der Waals surface area (Å²) < 4.78 is 4.87. The van der Waals surface area contributed by atoms with Crippen LogP contribution in [0.4, 0.5) is 0 Å². The second-order valence-corrected chi connectivity index (χ2v) is 4.78. The van der Waals surface area contributed by atoms with Gasteiger partial charge in [-0.05, 0) is 26.7 Å². The van der Waals surface area contributed by atoms with Crippen LogP contribution in [0.1, 0.15) is 41.0 Å². The molecule has 0 aromatic heterocycles. The number of nitrogens with zero attached hydrogens (tertiary/aromatic N) is 1. The van der Waals surface area contributed by atoms with Gasteiger partial charge in [-0.1, -0.05) is 20.3 Å². The zero-order valence-electron chi connectivity index (χ0n) is 12.1. The maximum absolute atomic E-state index is 12.2. The summed E-state index contributed by atoms with van der Waals surface area (Å²) in [4.78, 5) is 25.2. The van der Waals surface area contributed by atoms with Gasteiger partial charge in [0.2, 0.25) is 5.91 Å². The zero-order chi connectivity index (χ0) is 14.3. The molecular weight excluding hydrogens is 232 g/mol. The third-order valence-corrected chi connectivity index (χ3v) is 3.05. The summed E-state index contributed by atoms with van der Waals surface area (Å²) in [5, 5.41) is 0. The van der Waals surface area contributed by atoms with Gasteiger partial charge >= 0.3 is 5.97 Å². The molecule has 0 fully saturated rings. The van der Waals surface area contributed by atoms with Gasteiger partial charge in [-0.15, -0.1) is 0 Å². The highest BCUT2D eigenvalue weighted by molar-refractivity contribution is 5.86. The lowest BCUT2D eigenvalue weighted by atomic mass is 9.98. The monoisotopic (exact) mass is 258 g/mol. The first-order chi connectivity index (χ1) is 8.34. The predicted octanol–water partition coefficient (Wildman–Crippen LogP) is 1.16. The highest BCUT2D eigenvalue weighted by atomic mass is 16.5. The van der Waals surface area contributed by atoms with Gasteiger partial charge in [-0.2, -0.15) is 0 Å². The minimum absolute atomic E-state index is 0.0333. The smallest absolute Gasteiger partial charge is 0.325 e. The number of nitrogens with two attached hydrogens (primary N) is 1. The summed E-state index contributed by atoms with van der Waals surface area (Å²) >= 11 is 0. The van der Waals surface area contributed by atoms with Gasteiger partial charge in [0, 0.05) is 6.04 Å². The molecule has 0 bridgehead atoms. The molecule has 1 amide bonds. The Labute approximate surface area is 110 Å². The highest BCUT2D eigenvalue weighted by Gasteiger charge is 2.28. The Kier molecular flexibility index (Phi) is 7.59. The van der Waals surface area contributed by atoms with Gasteiger partial charge in [-0.25, -0.2) is 0 Å². The van der Waals surface area contributed by atoms with Crippen LogP contribution >= 0.6 is 0 Å². The molecule has 2 atom stereocenters. The van der Waals surface area contributed by atoms with Gasteiger partial charge < -0.3 is 15.4 Å². The first kappa shape index (κ1) is 16.9. The van der Waals surface area contributed by atoms with E-state index >= 15 is 0 Å². The van der Waals surface area contributed by atoms with Crippen LogP contribution in [0, 0.1) is 5.92 Å². The number of esters is 1. The number of ether oxygens (including phenoxy) is 1. The van der Waals surface area contributed by atoms with Gasteiger partial charge in [-0.3, -0.25) is 9.59 Å². The fourth-order valence-corrected chi connectivity index (χ4v) is 1.55. The first-order valence-corrected chi connectivity index (χ1v) is 6.56. The van der Waals surface area contributed by atoms with E-state index in [9.17, 15) is 9.59 Å². The van der Waals surface area contributed by atoms with E-state index in [0.717, 1.165) is 6.42 Å². The molecule has 5 heteroatoms. The minimum atomic E-state index is -0.563. The normalized spacial score (nSPS) is 14.2. The molecule has 0 heterocycles. The molecule has 0 rings (SSSR count). The van der Waals surface area contributed by atoms with E-state index in [0.29, 0.717) is 6.61 Å². The second kappa shape index (κ2) is 8.08. The summed E-state index contributed by atoms with van der Waals surface area (Å²) in [6.07, 6.45) is 0.832. The Bertz CT molecular complexity index is 279. The van der Waals surface area contributed by atoms with Crippen molar-refractivity contribution in [3.05, 3.63) is 0 Å². The Morgan fingerprint density at radius 3 is 2.17 bits per heavy atom. The molecule has 0 saturated heterocycles. The zero-order valence-corrected chi connectivity index (χ0v) is 12.1. The van der Waals surface area contributed by atoms with Gasteiger partial charge in [0.25, 0.3) is 0 Å². The molecule has 0 aliphatic heterocycles. The van der Waals surface area contributed by atoms with Gasteiger partial charge in [0.1, 0.15) is 6.54 Å². The Morgan fingerprint density at radius 1 is 1.22 bits per heavy atom. The summed E-state index contributed by atoms with van der Waals surface area (Å²) in [6, 6.07) is -0.635. The van der Waals surface area contributed by atoms with Crippen LogP contribution in [0.5, 0.6) is 0 Å². The number of carbonyl (C=O) groups excluding carboxylic acids is 2. The Balaban J connectivity index is 4.69. The molecule has 0 aromatic rings. The highest BCUT2D eigenvalue weighted by Crippen LogP contribution is 2.10. The van der Waals surface area contributed by atoms with Gasteiger partial charge in [0.15, 0.2) is 0 Å². The molecule has 18 heavy (non-hydrogen) atoms. The average molecular weight is 258 g/mol. The second-order valence-electron chi connectivity index (χ2n) is 4.78. The maximum atomic E-state index is 12.2. The van der Waals surface area contributed by atoms with Crippen molar-refractivity contribution in [1.29, 1.82) is 0 Å². The minimum Gasteiger partial charge on any atom is -0.465 e. The maximum Gasteiger partial charge on any atom is 0.325 e. The summed E-state index contributed by atoms with van der Waals surface area (Å²) in [6.45, 7) is 9.67. The molecule has 0 spiro atoms. The van der Waals surface area contributed by atoms with Crippen molar-refractivity contribution in [2.75, 3.05) is 13.2 Å². The van der Waals surface area contributed by atoms with Crippen molar-refractivity contribution < 1.29 is 14.3 Å². The van der Waals surface area contributed by atoms with Crippen LogP contribution in [0.2, 0.25) is 0 Å². The molecule has 1 unspecified atom stereocenters. The number of rotatable bonds is 7. The van der Waals surface area contributed by atoms with E-state index < -0.39 is 12.0 Å². The van der Waals surface area contributed by atoms with E-state index in [1.807, 2.05) is 27.7 Å². The van der Waals surface area contributed by atoms with E-state index in [-0.39, 0.29) is 24.4 Å². The first-order valence-electron chi connectivity index (χ1n) is 6.56. The number of hydrogen-bond donors (Lipinski definition) is 1. The summed E-state index contributed by atoms with van der Waals surface area (Å²) in [5.41, 5.74) is 5.92. The molecule has 0 aromatic carbocycles. The molecule has 2 N–H and O–H groups in total. The lowest BCUT2D eigenvalue weighted by Gasteiger charge is -2.30. The third kappa shape index (κ3) is 5.04. The molecule has 0 aliphatic carbocycles. The molecule has 0 aliphatic rings. The van der Waals surface area contributed by atoms with Crippen LogP contribution in [-0.4, -0.2) is 42.0 Å². The quantitative estimate of drug-likeness (QED) is 0.695. The summed E-state index contributed by atoms with van der Waals surface area (Å²) in [7, 11) is 0. The molecule has 106 valence electrons. The van der Waals surface area contributed by atoms with E-state index in [1.54, 1.807) is 6.92 Å². The van der Waals surface area contributed by atoms with Crippen molar-refractivity contribution >= 4 is 11.9 Å². The van der Waals surface area contributed by atoms with Gasteiger partial charge in [0.05, 0.1) is 12.6 Å². The van der Waals surface area contributed by atoms with Crippen LogP contribution < -0.4 is 5.73 Å². The van der Waals surface area contributed by atoms with E-state index in [1.165, 1.54) is 4.90 Å². The van der Waals surface area contributed by atoms with E-state index in [4.69, 9.17) is 10.5 Å². The third-order valence-electron chi connectivity index (χ3n) is 3.05. The summed E-state index contributed by atoms with van der Waals surface area (Å²) in [5.74, 6) is -0.482. The largest absolute Gasteiger partial charge is 0.465 e. The lowest BCUT2D eigenvalue weighted by Crippen LogP contribution is -2.51. The number of hydrogen-bond acceptors (Lipinski definition) is 4. The van der Waals surface area contributed by atoms with E-state index in [2.05, 4.69) is 0 Å².